The summed E-state index contributed by atoms with van der Waals surface area (Å²) >= 11 is 5.99. The van der Waals surface area contributed by atoms with Gasteiger partial charge in [0, 0.05) is 10.6 Å². The second-order valence-corrected chi connectivity index (χ2v) is 7.28. The van der Waals surface area contributed by atoms with E-state index in [-0.39, 0.29) is 29.3 Å². The Labute approximate surface area is 170 Å². The molecule has 3 amide bonds. The van der Waals surface area contributed by atoms with Crippen molar-refractivity contribution in [1.29, 1.82) is 0 Å². The molecule has 1 atom stereocenters. The molecule has 2 aromatic carbocycles. The van der Waals surface area contributed by atoms with Crippen LogP contribution in [0.2, 0.25) is 5.02 Å². The highest BCUT2D eigenvalue weighted by molar-refractivity contribution is 6.31. The van der Waals surface area contributed by atoms with Crippen LogP contribution in [-0.4, -0.2) is 29.0 Å². The average molecular weight is 427 g/mol. The number of alkyl halides is 2. The Bertz CT molecular complexity index is 903. The van der Waals surface area contributed by atoms with Crippen molar-refractivity contribution in [2.75, 3.05) is 0 Å². The van der Waals surface area contributed by atoms with Gasteiger partial charge in [0.15, 0.2) is 0 Å². The van der Waals surface area contributed by atoms with Crippen molar-refractivity contribution in [3.05, 3.63) is 64.4 Å². The summed E-state index contributed by atoms with van der Waals surface area (Å²) in [6.07, 6.45) is 0.680. The third-order valence-corrected chi connectivity index (χ3v) is 5.14. The first-order chi connectivity index (χ1) is 13.7. The third kappa shape index (κ3) is 4.64. The lowest BCUT2D eigenvalue weighted by Crippen LogP contribution is -2.44. The lowest BCUT2D eigenvalue weighted by molar-refractivity contribution is -0.131. The molecule has 0 aliphatic carbocycles. The van der Waals surface area contributed by atoms with E-state index in [1.165, 1.54) is 30.3 Å². The molecule has 2 aromatic rings. The number of benzene rings is 2. The number of ether oxygens (including phenoxy) is 1. The van der Waals surface area contributed by atoms with Crippen LogP contribution >= 0.6 is 11.6 Å². The van der Waals surface area contributed by atoms with Gasteiger partial charge in [-0.3, -0.25) is 9.69 Å². The van der Waals surface area contributed by atoms with Gasteiger partial charge in [0.25, 0.3) is 5.91 Å². The summed E-state index contributed by atoms with van der Waals surface area (Å²) in [4.78, 5) is 26.1. The third-order valence-electron chi connectivity index (χ3n) is 4.79. The minimum atomic E-state index is -2.90. The molecule has 29 heavy (non-hydrogen) atoms. The van der Waals surface area contributed by atoms with Crippen LogP contribution in [0.4, 0.5) is 18.0 Å². The van der Waals surface area contributed by atoms with E-state index in [0.29, 0.717) is 6.42 Å². The number of urea groups is 1. The topological polar surface area (TPSA) is 58.6 Å². The van der Waals surface area contributed by atoms with Crippen molar-refractivity contribution >= 4 is 23.5 Å². The SMILES string of the molecule is CC1(CCc2ccc(OC(F)F)cc2)NC(=O)N(Cc2c(F)cccc2Cl)C1=O. The molecular weight excluding hydrogens is 409 g/mol. The number of carbonyl (C=O) groups is 2. The molecule has 1 N–H and O–H groups in total. The van der Waals surface area contributed by atoms with Gasteiger partial charge in [-0.1, -0.05) is 29.8 Å². The maximum atomic E-state index is 14.0. The van der Waals surface area contributed by atoms with E-state index in [1.54, 1.807) is 19.1 Å². The van der Waals surface area contributed by atoms with Crippen molar-refractivity contribution in [3.8, 4) is 5.75 Å². The number of hydrogen-bond acceptors (Lipinski definition) is 3. The highest BCUT2D eigenvalue weighted by Gasteiger charge is 2.47. The van der Waals surface area contributed by atoms with E-state index in [0.717, 1.165) is 10.5 Å². The molecule has 0 bridgehead atoms. The highest BCUT2D eigenvalue weighted by atomic mass is 35.5. The van der Waals surface area contributed by atoms with Crippen molar-refractivity contribution in [1.82, 2.24) is 10.2 Å². The molecule has 1 heterocycles. The molecular formula is C20H18ClF3N2O3. The summed E-state index contributed by atoms with van der Waals surface area (Å²) in [7, 11) is 0. The van der Waals surface area contributed by atoms with Crippen molar-refractivity contribution in [3.63, 3.8) is 0 Å². The zero-order chi connectivity index (χ0) is 21.2. The molecule has 154 valence electrons. The van der Waals surface area contributed by atoms with E-state index < -0.39 is 29.9 Å². The lowest BCUT2D eigenvalue weighted by atomic mass is 9.93. The van der Waals surface area contributed by atoms with Crippen LogP contribution in [-0.2, 0) is 17.8 Å². The van der Waals surface area contributed by atoms with Crippen LogP contribution in [0.1, 0.15) is 24.5 Å². The van der Waals surface area contributed by atoms with Crippen LogP contribution in [0.3, 0.4) is 0 Å². The van der Waals surface area contributed by atoms with E-state index >= 15 is 0 Å². The highest BCUT2D eigenvalue weighted by Crippen LogP contribution is 2.28. The van der Waals surface area contributed by atoms with Crippen LogP contribution in [0, 0.1) is 5.82 Å². The van der Waals surface area contributed by atoms with Gasteiger partial charge in [-0.2, -0.15) is 8.78 Å². The number of imide groups is 1. The molecule has 0 saturated carbocycles. The average Bonchev–Trinajstić information content (AvgIpc) is 2.87. The summed E-state index contributed by atoms with van der Waals surface area (Å²) in [6, 6.07) is 9.54. The summed E-state index contributed by atoms with van der Waals surface area (Å²) in [6.45, 7) is -1.59. The Morgan fingerprint density at radius 2 is 1.86 bits per heavy atom. The minimum Gasteiger partial charge on any atom is -0.435 e. The summed E-state index contributed by atoms with van der Waals surface area (Å²) < 4.78 is 42.7. The fraction of sp³-hybridized carbons (Fsp3) is 0.300. The minimum absolute atomic E-state index is 0.0353. The maximum Gasteiger partial charge on any atom is 0.387 e. The number of halogens is 4. The number of amides is 3. The number of aryl methyl sites for hydroxylation is 1. The van der Waals surface area contributed by atoms with Gasteiger partial charge < -0.3 is 10.1 Å². The molecule has 0 radical (unpaired) electrons. The van der Waals surface area contributed by atoms with E-state index in [4.69, 9.17) is 11.6 Å². The van der Waals surface area contributed by atoms with E-state index in [1.807, 2.05) is 0 Å². The molecule has 1 aliphatic rings. The Balaban J connectivity index is 1.67. The number of hydrogen-bond donors (Lipinski definition) is 1. The van der Waals surface area contributed by atoms with E-state index in [2.05, 4.69) is 10.1 Å². The fourth-order valence-electron chi connectivity index (χ4n) is 3.13. The molecule has 5 nitrogen and oxygen atoms in total. The first-order valence-corrected chi connectivity index (χ1v) is 9.18. The normalized spacial score (nSPS) is 19.0. The molecule has 0 spiro atoms. The number of carbonyl (C=O) groups excluding carboxylic acids is 2. The zero-order valence-electron chi connectivity index (χ0n) is 15.4. The van der Waals surface area contributed by atoms with Gasteiger partial charge in [-0.15, -0.1) is 0 Å². The number of nitrogens with zero attached hydrogens (tertiary/aromatic N) is 1. The summed E-state index contributed by atoms with van der Waals surface area (Å²) in [5, 5.41) is 2.77. The Morgan fingerprint density at radius 1 is 1.17 bits per heavy atom. The predicted octanol–water partition coefficient (Wildman–Crippen LogP) is 4.52. The predicted molar refractivity (Wildman–Crippen MR) is 100 cm³/mol. The van der Waals surface area contributed by atoms with Gasteiger partial charge in [0.2, 0.25) is 0 Å². The van der Waals surface area contributed by atoms with Gasteiger partial charge in [-0.05, 0) is 49.6 Å². The van der Waals surface area contributed by atoms with Gasteiger partial charge in [-0.25, -0.2) is 9.18 Å². The van der Waals surface area contributed by atoms with Gasteiger partial charge in [0.05, 0.1) is 6.54 Å². The van der Waals surface area contributed by atoms with Crippen molar-refractivity contribution in [2.45, 2.75) is 38.5 Å². The second kappa shape index (κ2) is 8.32. The molecule has 0 aromatic heterocycles. The largest absolute Gasteiger partial charge is 0.435 e. The zero-order valence-corrected chi connectivity index (χ0v) is 16.2. The lowest BCUT2D eigenvalue weighted by Gasteiger charge is -2.22. The number of nitrogens with one attached hydrogen (secondary N) is 1. The molecule has 1 fully saturated rings. The van der Waals surface area contributed by atoms with Gasteiger partial charge in [0.1, 0.15) is 17.1 Å². The van der Waals surface area contributed by atoms with Crippen LogP contribution in [0.15, 0.2) is 42.5 Å². The van der Waals surface area contributed by atoms with Crippen molar-refractivity contribution < 1.29 is 27.5 Å². The standard InChI is InChI=1S/C20H18ClF3N2O3/c1-20(10-9-12-5-7-13(8-6-12)29-18(23)24)17(27)26(19(28)25-20)11-14-15(21)3-2-4-16(14)22/h2-8,18H,9-11H2,1H3,(H,25,28). The van der Waals surface area contributed by atoms with Crippen LogP contribution in [0.25, 0.3) is 0 Å². The Hall–Kier alpha value is -2.74. The monoisotopic (exact) mass is 426 g/mol. The molecule has 9 heteroatoms. The first-order valence-electron chi connectivity index (χ1n) is 8.80. The summed E-state index contributed by atoms with van der Waals surface area (Å²) in [5.41, 5.74) is -0.325. The van der Waals surface area contributed by atoms with E-state index in [9.17, 15) is 22.8 Å². The fourth-order valence-corrected chi connectivity index (χ4v) is 3.36. The van der Waals surface area contributed by atoms with Crippen LogP contribution < -0.4 is 10.1 Å². The first kappa shape index (κ1) is 21.0. The maximum absolute atomic E-state index is 14.0. The molecule has 1 aliphatic heterocycles. The Morgan fingerprint density at radius 3 is 2.48 bits per heavy atom. The smallest absolute Gasteiger partial charge is 0.387 e. The second-order valence-electron chi connectivity index (χ2n) is 6.88. The van der Waals surface area contributed by atoms with Gasteiger partial charge >= 0.3 is 12.6 Å². The van der Waals surface area contributed by atoms with Crippen LogP contribution in [0.5, 0.6) is 5.75 Å². The number of rotatable bonds is 7. The molecule has 3 rings (SSSR count). The molecule has 1 unspecified atom stereocenters. The quantitative estimate of drug-likeness (QED) is 0.662. The Kier molecular flexibility index (Phi) is 6.02. The van der Waals surface area contributed by atoms with Crippen molar-refractivity contribution in [2.24, 2.45) is 0 Å². The molecule has 1 saturated heterocycles. The summed E-state index contributed by atoms with van der Waals surface area (Å²) in [5.74, 6) is -1.05.